The molecule has 0 aliphatic carbocycles. The van der Waals surface area contributed by atoms with Crippen molar-refractivity contribution in [3.63, 3.8) is 0 Å². The number of carboxylic acid groups (broad SMARTS) is 1. The highest BCUT2D eigenvalue weighted by atomic mass is 16.5. The maximum absolute atomic E-state index is 11.4. The van der Waals surface area contributed by atoms with E-state index >= 15 is 0 Å². The van der Waals surface area contributed by atoms with E-state index in [1.807, 2.05) is 6.92 Å². The lowest BCUT2D eigenvalue weighted by molar-refractivity contribution is -0.130. The van der Waals surface area contributed by atoms with Gasteiger partial charge in [0.05, 0.1) is 13.4 Å². The van der Waals surface area contributed by atoms with Crippen LogP contribution >= 0.6 is 0 Å². The Morgan fingerprint density at radius 1 is 1.00 bits per heavy atom. The largest absolute Gasteiger partial charge is 0.503 e. The van der Waals surface area contributed by atoms with Crippen LogP contribution in [0.1, 0.15) is 11.3 Å². The van der Waals surface area contributed by atoms with Crippen LogP contribution in [0.25, 0.3) is 5.57 Å². The van der Waals surface area contributed by atoms with Gasteiger partial charge in [-0.2, -0.15) is 0 Å². The summed E-state index contributed by atoms with van der Waals surface area (Å²) in [5.74, 6) is 0.428. The predicted molar refractivity (Wildman–Crippen MR) is 102 cm³/mol. The Kier molecular flexibility index (Phi) is 5.86. The van der Waals surface area contributed by atoms with E-state index in [-0.39, 0.29) is 11.6 Å². The summed E-state index contributed by atoms with van der Waals surface area (Å²) in [6.07, 6.45) is 2.80. The molecule has 0 aliphatic rings. The topological polar surface area (TPSA) is 90.8 Å². The van der Waals surface area contributed by atoms with Gasteiger partial charge in [0.15, 0.2) is 0 Å². The van der Waals surface area contributed by atoms with Gasteiger partial charge < -0.3 is 19.3 Å². The number of rotatable bonds is 7. The fourth-order valence-corrected chi connectivity index (χ4v) is 2.40. The number of ether oxygens (including phenoxy) is 3. The van der Waals surface area contributed by atoms with Gasteiger partial charge >= 0.3 is 12.0 Å². The third kappa shape index (κ3) is 4.85. The lowest BCUT2D eigenvalue weighted by Crippen LogP contribution is -2.00. The highest BCUT2D eigenvalue weighted by Gasteiger charge is 2.12. The molecule has 0 aliphatic heterocycles. The van der Waals surface area contributed by atoms with E-state index in [0.717, 1.165) is 5.69 Å². The average Bonchev–Trinajstić information content (AvgIpc) is 2.66. The SMILES string of the molecule is CO/C=C(/C(=O)O)c1cccc(Oc2cccc(Oc3nccc(C)n3)c2)c1. The van der Waals surface area contributed by atoms with Gasteiger partial charge in [0.25, 0.3) is 0 Å². The van der Waals surface area contributed by atoms with Crippen LogP contribution in [-0.4, -0.2) is 28.2 Å². The van der Waals surface area contributed by atoms with Crippen molar-refractivity contribution >= 4 is 11.5 Å². The van der Waals surface area contributed by atoms with Crippen molar-refractivity contribution in [3.8, 4) is 23.3 Å². The van der Waals surface area contributed by atoms with Crippen LogP contribution in [0.4, 0.5) is 0 Å². The Morgan fingerprint density at radius 2 is 1.68 bits per heavy atom. The highest BCUT2D eigenvalue weighted by Crippen LogP contribution is 2.29. The molecule has 1 N–H and O–H groups in total. The van der Waals surface area contributed by atoms with Gasteiger partial charge in [-0.25, -0.2) is 14.8 Å². The zero-order valence-electron chi connectivity index (χ0n) is 15.3. The molecule has 0 radical (unpaired) electrons. The van der Waals surface area contributed by atoms with E-state index in [4.69, 9.17) is 14.2 Å². The van der Waals surface area contributed by atoms with E-state index in [1.54, 1.807) is 60.8 Å². The molecule has 142 valence electrons. The molecule has 0 spiro atoms. The number of hydrogen-bond donors (Lipinski definition) is 1. The monoisotopic (exact) mass is 378 g/mol. The molecule has 7 nitrogen and oxygen atoms in total. The maximum Gasteiger partial charge on any atom is 0.339 e. The van der Waals surface area contributed by atoms with Crippen molar-refractivity contribution in [1.82, 2.24) is 9.97 Å². The minimum atomic E-state index is -1.09. The van der Waals surface area contributed by atoms with E-state index in [0.29, 0.717) is 22.8 Å². The first-order chi connectivity index (χ1) is 13.5. The van der Waals surface area contributed by atoms with Crippen molar-refractivity contribution in [1.29, 1.82) is 0 Å². The van der Waals surface area contributed by atoms with E-state index in [9.17, 15) is 9.90 Å². The van der Waals surface area contributed by atoms with E-state index in [2.05, 4.69) is 9.97 Å². The summed E-state index contributed by atoms with van der Waals surface area (Å²) in [5.41, 5.74) is 1.29. The lowest BCUT2D eigenvalue weighted by atomic mass is 10.1. The molecule has 0 saturated heterocycles. The standard InChI is InChI=1S/C21H18N2O5/c1-14-9-10-22-21(23-14)28-18-8-4-7-17(12-18)27-16-6-3-5-15(11-16)19(13-26-2)20(24)25/h3-13H,1-2H3,(H,24,25)/b19-13+. The van der Waals surface area contributed by atoms with Crippen molar-refractivity contribution in [2.24, 2.45) is 0 Å². The van der Waals surface area contributed by atoms with Crippen LogP contribution < -0.4 is 9.47 Å². The van der Waals surface area contributed by atoms with Crippen molar-refractivity contribution in [3.05, 3.63) is 78.3 Å². The molecule has 3 rings (SSSR count). The molecule has 1 aromatic heterocycles. The Hall–Kier alpha value is -3.87. The van der Waals surface area contributed by atoms with Crippen molar-refractivity contribution in [2.75, 3.05) is 7.11 Å². The summed E-state index contributed by atoms with van der Waals surface area (Å²) in [5, 5.41) is 9.32. The Labute approximate surface area is 161 Å². The summed E-state index contributed by atoms with van der Waals surface area (Å²) >= 11 is 0. The molecule has 3 aromatic rings. The molecular weight excluding hydrogens is 360 g/mol. The Morgan fingerprint density at radius 3 is 2.36 bits per heavy atom. The van der Waals surface area contributed by atoms with Gasteiger partial charge in [0.2, 0.25) is 0 Å². The number of nitrogens with zero attached hydrogens (tertiary/aromatic N) is 2. The number of aromatic nitrogens is 2. The van der Waals surface area contributed by atoms with Gasteiger partial charge in [0.1, 0.15) is 22.8 Å². The van der Waals surface area contributed by atoms with E-state index < -0.39 is 5.97 Å². The quantitative estimate of drug-likeness (QED) is 0.480. The predicted octanol–water partition coefficient (Wildman–Crippen LogP) is 4.44. The zero-order chi connectivity index (χ0) is 19.9. The number of hydrogen-bond acceptors (Lipinski definition) is 6. The fourth-order valence-electron chi connectivity index (χ4n) is 2.40. The number of benzene rings is 2. The van der Waals surface area contributed by atoms with Crippen LogP contribution in [-0.2, 0) is 9.53 Å². The second-order valence-corrected chi connectivity index (χ2v) is 5.76. The molecule has 0 saturated carbocycles. The number of carbonyl (C=O) groups is 1. The molecule has 0 bridgehead atoms. The Balaban J connectivity index is 1.80. The van der Waals surface area contributed by atoms with Crippen LogP contribution in [0.2, 0.25) is 0 Å². The van der Waals surface area contributed by atoms with Gasteiger partial charge in [-0.3, -0.25) is 0 Å². The molecule has 0 unspecified atom stereocenters. The first kappa shape index (κ1) is 18.9. The summed E-state index contributed by atoms with van der Waals surface area (Å²) in [7, 11) is 1.40. The van der Waals surface area contributed by atoms with Gasteiger partial charge in [-0.1, -0.05) is 18.2 Å². The second-order valence-electron chi connectivity index (χ2n) is 5.76. The lowest BCUT2D eigenvalue weighted by Gasteiger charge is -2.10. The fraction of sp³-hybridized carbons (Fsp3) is 0.0952. The number of aliphatic carboxylic acids is 1. The molecule has 2 aromatic carbocycles. The second kappa shape index (κ2) is 8.68. The van der Waals surface area contributed by atoms with Crippen LogP contribution in [0.3, 0.4) is 0 Å². The molecule has 7 heteroatoms. The zero-order valence-corrected chi connectivity index (χ0v) is 15.3. The smallest absolute Gasteiger partial charge is 0.339 e. The normalized spacial score (nSPS) is 11.0. The maximum atomic E-state index is 11.4. The first-order valence-electron chi connectivity index (χ1n) is 8.37. The summed E-state index contributed by atoms with van der Waals surface area (Å²) < 4.78 is 16.4. The average molecular weight is 378 g/mol. The Bertz CT molecular complexity index is 1020. The molecule has 1 heterocycles. The summed E-state index contributed by atoms with van der Waals surface area (Å²) in [6, 6.07) is 15.7. The molecule has 0 amide bonds. The van der Waals surface area contributed by atoms with Crippen molar-refractivity contribution in [2.45, 2.75) is 6.92 Å². The van der Waals surface area contributed by atoms with E-state index in [1.165, 1.54) is 13.4 Å². The van der Waals surface area contributed by atoms with Crippen LogP contribution in [0, 0.1) is 6.92 Å². The molecular formula is C21H18N2O5. The van der Waals surface area contributed by atoms with Gasteiger partial charge in [0, 0.05) is 18.0 Å². The molecule has 0 atom stereocenters. The highest BCUT2D eigenvalue weighted by molar-refractivity contribution is 6.15. The number of methoxy groups -OCH3 is 1. The van der Waals surface area contributed by atoms with Crippen LogP contribution in [0.5, 0.6) is 23.3 Å². The minimum absolute atomic E-state index is 0.0293. The summed E-state index contributed by atoms with van der Waals surface area (Å²) in [4.78, 5) is 19.6. The summed E-state index contributed by atoms with van der Waals surface area (Å²) in [6.45, 7) is 1.85. The first-order valence-corrected chi connectivity index (χ1v) is 8.37. The van der Waals surface area contributed by atoms with Gasteiger partial charge in [-0.15, -0.1) is 0 Å². The van der Waals surface area contributed by atoms with Gasteiger partial charge in [-0.05, 0) is 42.8 Å². The molecule has 0 fully saturated rings. The van der Waals surface area contributed by atoms with Crippen LogP contribution in [0.15, 0.2) is 67.1 Å². The third-order valence-corrected chi connectivity index (χ3v) is 3.63. The number of aryl methyl sites for hydroxylation is 1. The third-order valence-electron chi connectivity index (χ3n) is 3.63. The molecule has 28 heavy (non-hydrogen) atoms. The van der Waals surface area contributed by atoms with Crippen molar-refractivity contribution < 1.29 is 24.1 Å². The number of carboxylic acids is 1. The minimum Gasteiger partial charge on any atom is -0.503 e.